The number of benzene rings is 1. The van der Waals surface area contributed by atoms with Gasteiger partial charge in [-0.05, 0) is 48.9 Å². The standard InChI is InChI=1S/C19H27N3OS.HI/c1-4-20-19(22(2)13-11-18-9-6-14-24-18)21-12-10-16-7-5-8-17(15-16)23-3;/h5-9,14-15H,4,10-13H2,1-3H3,(H,20,21);1H. The number of halogens is 1. The second-order valence-electron chi connectivity index (χ2n) is 5.59. The van der Waals surface area contributed by atoms with Crippen molar-refractivity contribution in [1.82, 2.24) is 10.2 Å². The lowest BCUT2D eigenvalue weighted by atomic mass is 10.1. The molecule has 1 heterocycles. The van der Waals surface area contributed by atoms with Crippen molar-refractivity contribution in [2.24, 2.45) is 4.99 Å². The van der Waals surface area contributed by atoms with Crippen molar-refractivity contribution in [2.75, 3.05) is 33.8 Å². The first-order chi connectivity index (χ1) is 11.7. The lowest BCUT2D eigenvalue weighted by Crippen LogP contribution is -2.40. The molecule has 138 valence electrons. The molecule has 2 rings (SSSR count). The Hall–Kier alpha value is -1.28. The Morgan fingerprint density at radius 2 is 2.08 bits per heavy atom. The fraction of sp³-hybridized carbons (Fsp3) is 0.421. The third-order valence-corrected chi connectivity index (χ3v) is 4.70. The van der Waals surface area contributed by atoms with Crippen molar-refractivity contribution >= 4 is 41.3 Å². The van der Waals surface area contributed by atoms with Crippen molar-refractivity contribution in [2.45, 2.75) is 19.8 Å². The number of aliphatic imine (C=N–C) groups is 1. The molecule has 0 spiro atoms. The van der Waals surface area contributed by atoms with Gasteiger partial charge in [0.05, 0.1) is 7.11 Å². The number of guanidine groups is 1. The summed E-state index contributed by atoms with van der Waals surface area (Å²) in [5, 5.41) is 5.50. The second kappa shape index (κ2) is 12.1. The zero-order valence-corrected chi connectivity index (χ0v) is 18.3. The number of nitrogens with zero attached hydrogens (tertiary/aromatic N) is 2. The van der Waals surface area contributed by atoms with Crippen molar-refractivity contribution in [3.63, 3.8) is 0 Å². The molecule has 0 saturated carbocycles. The van der Waals surface area contributed by atoms with Gasteiger partial charge in [0.15, 0.2) is 5.96 Å². The Kier molecular flexibility index (Phi) is 10.6. The van der Waals surface area contributed by atoms with E-state index < -0.39 is 0 Å². The Morgan fingerprint density at radius 1 is 1.24 bits per heavy atom. The number of hydrogen-bond donors (Lipinski definition) is 1. The predicted octanol–water partition coefficient (Wildman–Crippen LogP) is 4.06. The maximum Gasteiger partial charge on any atom is 0.193 e. The highest BCUT2D eigenvalue weighted by Gasteiger charge is 2.06. The van der Waals surface area contributed by atoms with Gasteiger partial charge in [-0.3, -0.25) is 4.99 Å². The Labute approximate surface area is 172 Å². The van der Waals surface area contributed by atoms with Gasteiger partial charge in [0, 0.05) is 31.6 Å². The van der Waals surface area contributed by atoms with Crippen LogP contribution >= 0.6 is 35.3 Å². The van der Waals surface area contributed by atoms with Crippen LogP contribution < -0.4 is 10.1 Å². The van der Waals surface area contributed by atoms with Crippen LogP contribution in [0.3, 0.4) is 0 Å². The maximum absolute atomic E-state index is 5.27. The predicted molar refractivity (Wildman–Crippen MR) is 119 cm³/mol. The number of methoxy groups -OCH3 is 1. The summed E-state index contributed by atoms with van der Waals surface area (Å²) in [6.07, 6.45) is 1.96. The van der Waals surface area contributed by atoms with Gasteiger partial charge in [-0.25, -0.2) is 0 Å². The molecule has 0 amide bonds. The van der Waals surface area contributed by atoms with E-state index in [0.29, 0.717) is 0 Å². The summed E-state index contributed by atoms with van der Waals surface area (Å²) in [7, 11) is 3.80. The molecule has 25 heavy (non-hydrogen) atoms. The lowest BCUT2D eigenvalue weighted by molar-refractivity contribution is 0.414. The molecule has 6 heteroatoms. The minimum absolute atomic E-state index is 0. The molecular weight excluding hydrogens is 445 g/mol. The molecule has 0 aliphatic carbocycles. The number of likely N-dealkylation sites (N-methyl/N-ethyl adjacent to an activating group) is 1. The molecule has 0 atom stereocenters. The SMILES string of the molecule is CCNC(=NCCc1cccc(OC)c1)N(C)CCc1cccs1.I. The van der Waals surface area contributed by atoms with Crippen LogP contribution in [0.4, 0.5) is 0 Å². The van der Waals surface area contributed by atoms with Crippen LogP contribution in [0.2, 0.25) is 0 Å². The summed E-state index contributed by atoms with van der Waals surface area (Å²) in [4.78, 5) is 8.37. The summed E-state index contributed by atoms with van der Waals surface area (Å²) in [5.74, 6) is 1.87. The molecule has 0 aliphatic heterocycles. The van der Waals surface area contributed by atoms with Crippen LogP contribution in [0.5, 0.6) is 5.75 Å². The number of thiophene rings is 1. The first kappa shape index (κ1) is 21.8. The highest BCUT2D eigenvalue weighted by atomic mass is 127. The number of ether oxygens (including phenoxy) is 1. The summed E-state index contributed by atoms with van der Waals surface area (Å²) in [6.45, 7) is 4.70. The van der Waals surface area contributed by atoms with Gasteiger partial charge in [0.2, 0.25) is 0 Å². The molecular formula is C19H28IN3OS. The van der Waals surface area contributed by atoms with Gasteiger partial charge in [-0.1, -0.05) is 18.2 Å². The van der Waals surface area contributed by atoms with Crippen LogP contribution in [-0.2, 0) is 12.8 Å². The van der Waals surface area contributed by atoms with Crippen LogP contribution in [0.1, 0.15) is 17.4 Å². The molecule has 0 unspecified atom stereocenters. The summed E-state index contributed by atoms with van der Waals surface area (Å²) >= 11 is 1.81. The van der Waals surface area contributed by atoms with Gasteiger partial charge in [-0.2, -0.15) is 0 Å². The quantitative estimate of drug-likeness (QED) is 0.357. The van der Waals surface area contributed by atoms with Gasteiger partial charge in [-0.15, -0.1) is 35.3 Å². The zero-order valence-electron chi connectivity index (χ0n) is 15.2. The maximum atomic E-state index is 5.27. The number of rotatable bonds is 8. The van der Waals surface area contributed by atoms with Crippen LogP contribution in [0.15, 0.2) is 46.8 Å². The van der Waals surface area contributed by atoms with Crippen LogP contribution in [0, 0.1) is 0 Å². The highest BCUT2D eigenvalue weighted by molar-refractivity contribution is 14.0. The molecule has 0 aliphatic rings. The molecule has 0 fully saturated rings. The minimum Gasteiger partial charge on any atom is -0.497 e. The van der Waals surface area contributed by atoms with E-state index in [1.165, 1.54) is 10.4 Å². The van der Waals surface area contributed by atoms with E-state index in [-0.39, 0.29) is 24.0 Å². The van der Waals surface area contributed by atoms with E-state index in [4.69, 9.17) is 9.73 Å². The number of hydrogen-bond acceptors (Lipinski definition) is 3. The van der Waals surface area contributed by atoms with Gasteiger partial charge >= 0.3 is 0 Å². The first-order valence-corrected chi connectivity index (χ1v) is 9.25. The van der Waals surface area contributed by atoms with Crippen molar-refractivity contribution in [1.29, 1.82) is 0 Å². The van der Waals surface area contributed by atoms with E-state index in [1.807, 2.05) is 23.5 Å². The summed E-state index contributed by atoms with van der Waals surface area (Å²) in [6, 6.07) is 12.5. The van der Waals surface area contributed by atoms with E-state index in [9.17, 15) is 0 Å². The fourth-order valence-corrected chi connectivity index (χ4v) is 3.13. The Bertz CT molecular complexity index is 631. The zero-order chi connectivity index (χ0) is 17.2. The Balaban J connectivity index is 0.00000312. The van der Waals surface area contributed by atoms with E-state index in [2.05, 4.69) is 53.8 Å². The topological polar surface area (TPSA) is 36.9 Å². The highest BCUT2D eigenvalue weighted by Crippen LogP contribution is 2.13. The first-order valence-electron chi connectivity index (χ1n) is 8.37. The summed E-state index contributed by atoms with van der Waals surface area (Å²) in [5.41, 5.74) is 1.25. The van der Waals surface area contributed by atoms with E-state index in [0.717, 1.165) is 44.2 Å². The molecule has 0 saturated heterocycles. The Morgan fingerprint density at radius 3 is 2.76 bits per heavy atom. The lowest BCUT2D eigenvalue weighted by Gasteiger charge is -2.21. The smallest absolute Gasteiger partial charge is 0.193 e. The monoisotopic (exact) mass is 473 g/mol. The van der Waals surface area contributed by atoms with E-state index in [1.54, 1.807) is 7.11 Å². The molecule has 1 aromatic carbocycles. The minimum atomic E-state index is 0. The van der Waals surface area contributed by atoms with E-state index >= 15 is 0 Å². The average Bonchev–Trinajstić information content (AvgIpc) is 3.12. The third kappa shape index (κ3) is 7.64. The molecule has 0 bridgehead atoms. The third-order valence-electron chi connectivity index (χ3n) is 3.77. The van der Waals surface area contributed by atoms with Crippen LogP contribution in [0.25, 0.3) is 0 Å². The van der Waals surface area contributed by atoms with Gasteiger partial charge in [0.1, 0.15) is 5.75 Å². The molecule has 2 aromatic rings. The van der Waals surface area contributed by atoms with Crippen molar-refractivity contribution in [3.8, 4) is 5.75 Å². The molecule has 1 aromatic heterocycles. The second-order valence-corrected chi connectivity index (χ2v) is 6.62. The van der Waals surface area contributed by atoms with Gasteiger partial charge < -0.3 is 15.0 Å². The average molecular weight is 473 g/mol. The number of nitrogens with one attached hydrogen (secondary N) is 1. The largest absolute Gasteiger partial charge is 0.497 e. The molecule has 0 radical (unpaired) electrons. The molecule has 4 nitrogen and oxygen atoms in total. The summed E-state index contributed by atoms with van der Waals surface area (Å²) < 4.78 is 5.27. The van der Waals surface area contributed by atoms with Crippen molar-refractivity contribution < 1.29 is 4.74 Å². The fourth-order valence-electron chi connectivity index (χ4n) is 2.43. The van der Waals surface area contributed by atoms with Gasteiger partial charge in [0.25, 0.3) is 0 Å². The van der Waals surface area contributed by atoms with Crippen LogP contribution in [-0.4, -0.2) is 44.7 Å². The molecule has 1 N–H and O–H groups in total. The van der Waals surface area contributed by atoms with Crippen molar-refractivity contribution in [3.05, 3.63) is 52.2 Å². The normalized spacial score (nSPS) is 10.9.